The van der Waals surface area contributed by atoms with E-state index in [1.165, 1.54) is 12.1 Å². The molecule has 0 radical (unpaired) electrons. The van der Waals surface area contributed by atoms with Gasteiger partial charge >= 0.3 is 5.97 Å². The molecule has 0 spiro atoms. The molecule has 3 aromatic carbocycles. The fourth-order valence-electron chi connectivity index (χ4n) is 4.12. The number of carbonyl (C=O) groups is 1. The Labute approximate surface area is 221 Å². The minimum atomic E-state index is -0.396. The van der Waals surface area contributed by atoms with Crippen molar-refractivity contribution in [3.63, 3.8) is 0 Å². The number of ether oxygens (including phenoxy) is 3. The number of benzene rings is 3. The third-order valence-corrected chi connectivity index (χ3v) is 6.13. The van der Waals surface area contributed by atoms with Crippen LogP contribution in [0.5, 0.6) is 11.5 Å². The molecule has 0 bridgehead atoms. The van der Waals surface area contributed by atoms with E-state index in [4.69, 9.17) is 25.8 Å². The van der Waals surface area contributed by atoms with E-state index in [2.05, 4.69) is 0 Å². The van der Waals surface area contributed by atoms with Gasteiger partial charge in [0.15, 0.2) is 5.75 Å². The fraction of sp³-hybridized carbons (Fsp3) is 0.233. The Morgan fingerprint density at radius 3 is 2.46 bits per heavy atom. The highest BCUT2D eigenvalue weighted by atomic mass is 35.5. The molecular weight excluding hydrogens is 493 g/mol. The normalized spacial score (nSPS) is 11.8. The monoisotopic (exact) mass is 521 g/mol. The van der Waals surface area contributed by atoms with Gasteiger partial charge in [-0.1, -0.05) is 41.9 Å². The van der Waals surface area contributed by atoms with Crippen LogP contribution >= 0.6 is 11.6 Å². The van der Waals surface area contributed by atoms with Crippen molar-refractivity contribution in [3.05, 3.63) is 112 Å². The molecule has 4 aromatic rings. The van der Waals surface area contributed by atoms with Crippen LogP contribution < -0.4 is 4.74 Å². The zero-order valence-corrected chi connectivity index (χ0v) is 21.8. The summed E-state index contributed by atoms with van der Waals surface area (Å²) in [6, 6.07) is 22.9. The molecule has 4 rings (SSSR count). The van der Waals surface area contributed by atoms with Crippen LogP contribution in [0.4, 0.5) is 4.39 Å². The van der Waals surface area contributed by atoms with Gasteiger partial charge in [0.2, 0.25) is 0 Å². The van der Waals surface area contributed by atoms with Crippen molar-refractivity contribution in [3.8, 4) is 17.2 Å². The van der Waals surface area contributed by atoms with Gasteiger partial charge in [-0.25, -0.2) is 9.18 Å². The third-order valence-electron chi connectivity index (χ3n) is 5.90. The number of esters is 1. The smallest absolute Gasteiger partial charge is 0.339 e. The van der Waals surface area contributed by atoms with Gasteiger partial charge in [0.25, 0.3) is 0 Å². The summed E-state index contributed by atoms with van der Waals surface area (Å²) in [6.07, 6.45) is 0.392. The maximum absolute atomic E-state index is 13.4. The lowest BCUT2D eigenvalue weighted by molar-refractivity contribution is 0.0517. The standard InChI is InChI=1S/C30H29ClFNO4/c1-4-35-30(34)27-18-25(16-20(2)36-19-22-8-6-5-7-9-22)33(21(27)3)28-15-10-23(31)17-29(28)37-26-13-11-24(32)12-14-26/h5-15,17-18,20H,4,16,19H2,1-3H3/t20-/m0/s1. The quantitative estimate of drug-likeness (QED) is 0.201. The number of carbonyl (C=O) groups excluding carboxylic acids is 1. The lowest BCUT2D eigenvalue weighted by Gasteiger charge is -2.19. The number of rotatable bonds is 10. The van der Waals surface area contributed by atoms with Crippen molar-refractivity contribution in [1.82, 2.24) is 4.57 Å². The lowest BCUT2D eigenvalue weighted by Crippen LogP contribution is -2.15. The first-order valence-corrected chi connectivity index (χ1v) is 12.5. The molecule has 37 heavy (non-hydrogen) atoms. The van der Waals surface area contributed by atoms with E-state index in [0.717, 1.165) is 11.3 Å². The molecule has 1 atom stereocenters. The highest BCUT2D eigenvalue weighted by Gasteiger charge is 2.23. The second-order valence-electron chi connectivity index (χ2n) is 8.67. The van der Waals surface area contributed by atoms with Crippen molar-refractivity contribution in [2.24, 2.45) is 0 Å². The first-order chi connectivity index (χ1) is 17.9. The van der Waals surface area contributed by atoms with Gasteiger partial charge in [0.05, 0.1) is 30.6 Å². The molecule has 7 heteroatoms. The number of aromatic nitrogens is 1. The van der Waals surface area contributed by atoms with Gasteiger partial charge in [0.1, 0.15) is 11.6 Å². The molecule has 0 N–H and O–H groups in total. The second-order valence-corrected chi connectivity index (χ2v) is 9.11. The van der Waals surface area contributed by atoms with Crippen LogP contribution in [0.2, 0.25) is 5.02 Å². The van der Waals surface area contributed by atoms with Crippen molar-refractivity contribution < 1.29 is 23.4 Å². The lowest BCUT2D eigenvalue weighted by atomic mass is 10.2. The molecule has 1 heterocycles. The van der Waals surface area contributed by atoms with Gasteiger partial charge in [-0.05, 0) is 68.8 Å². The summed E-state index contributed by atoms with van der Waals surface area (Å²) in [5.74, 6) is 0.173. The average Bonchev–Trinajstić information content (AvgIpc) is 3.20. The maximum atomic E-state index is 13.4. The molecule has 192 valence electrons. The summed E-state index contributed by atoms with van der Waals surface area (Å²) in [4.78, 5) is 12.8. The topological polar surface area (TPSA) is 49.7 Å². The largest absolute Gasteiger partial charge is 0.462 e. The van der Waals surface area contributed by atoms with Crippen LogP contribution in [-0.4, -0.2) is 23.2 Å². The summed E-state index contributed by atoms with van der Waals surface area (Å²) in [5.41, 5.74) is 3.80. The van der Waals surface area contributed by atoms with Gasteiger partial charge < -0.3 is 18.8 Å². The molecule has 0 saturated carbocycles. The molecule has 0 aliphatic heterocycles. The Morgan fingerprint density at radius 1 is 1.03 bits per heavy atom. The predicted molar refractivity (Wildman–Crippen MR) is 142 cm³/mol. The predicted octanol–water partition coefficient (Wildman–Crippen LogP) is 7.70. The number of halogens is 2. The first-order valence-electron chi connectivity index (χ1n) is 12.1. The Bertz CT molecular complexity index is 1350. The first kappa shape index (κ1) is 26.5. The van der Waals surface area contributed by atoms with E-state index in [9.17, 15) is 9.18 Å². The Balaban J connectivity index is 1.71. The van der Waals surface area contributed by atoms with Gasteiger partial charge in [0, 0.05) is 28.9 Å². The maximum Gasteiger partial charge on any atom is 0.339 e. The molecule has 0 amide bonds. The molecular formula is C30H29ClFNO4. The summed E-state index contributed by atoms with van der Waals surface area (Å²) >= 11 is 6.31. The highest BCUT2D eigenvalue weighted by molar-refractivity contribution is 6.30. The average molecular weight is 522 g/mol. The molecule has 0 aliphatic carbocycles. The van der Waals surface area contributed by atoms with E-state index in [0.29, 0.717) is 46.5 Å². The van der Waals surface area contributed by atoms with Crippen LogP contribution in [0.3, 0.4) is 0 Å². The SMILES string of the molecule is CCOC(=O)c1cc(C[C@H](C)OCc2ccccc2)n(-c2ccc(Cl)cc2Oc2ccc(F)cc2)c1C. The molecule has 0 saturated heterocycles. The molecule has 0 fully saturated rings. The Kier molecular flexibility index (Phi) is 8.64. The number of hydrogen-bond acceptors (Lipinski definition) is 4. The summed E-state index contributed by atoms with van der Waals surface area (Å²) in [6.45, 7) is 6.39. The van der Waals surface area contributed by atoms with Crippen molar-refractivity contribution in [2.75, 3.05) is 6.61 Å². The van der Waals surface area contributed by atoms with Gasteiger partial charge in [-0.15, -0.1) is 0 Å². The summed E-state index contributed by atoms with van der Waals surface area (Å²) < 4.78 is 32.9. The van der Waals surface area contributed by atoms with E-state index in [1.54, 1.807) is 31.2 Å². The number of nitrogens with zero attached hydrogens (tertiary/aromatic N) is 1. The third kappa shape index (κ3) is 6.59. The zero-order chi connectivity index (χ0) is 26.4. The van der Waals surface area contributed by atoms with E-state index in [-0.39, 0.29) is 18.5 Å². The van der Waals surface area contributed by atoms with Crippen LogP contribution in [0.15, 0.2) is 78.9 Å². The van der Waals surface area contributed by atoms with E-state index in [1.807, 2.05) is 60.9 Å². The minimum absolute atomic E-state index is 0.142. The van der Waals surface area contributed by atoms with Crippen molar-refractivity contribution >= 4 is 17.6 Å². The minimum Gasteiger partial charge on any atom is -0.462 e. The molecule has 1 aromatic heterocycles. The summed E-state index contributed by atoms with van der Waals surface area (Å²) in [5, 5.41) is 0.484. The van der Waals surface area contributed by atoms with Crippen LogP contribution in [0, 0.1) is 12.7 Å². The zero-order valence-electron chi connectivity index (χ0n) is 21.0. The molecule has 0 aliphatic rings. The second kappa shape index (κ2) is 12.1. The Morgan fingerprint density at radius 2 is 1.76 bits per heavy atom. The number of hydrogen-bond donors (Lipinski definition) is 0. The van der Waals surface area contributed by atoms with Crippen molar-refractivity contribution in [1.29, 1.82) is 0 Å². The van der Waals surface area contributed by atoms with E-state index >= 15 is 0 Å². The van der Waals surface area contributed by atoms with Crippen LogP contribution in [-0.2, 0) is 22.5 Å². The van der Waals surface area contributed by atoms with Gasteiger partial charge in [-0.2, -0.15) is 0 Å². The Hall–Kier alpha value is -3.61. The fourth-order valence-corrected chi connectivity index (χ4v) is 4.28. The molecule has 0 unspecified atom stereocenters. The van der Waals surface area contributed by atoms with E-state index < -0.39 is 5.97 Å². The molecule has 5 nitrogen and oxygen atoms in total. The van der Waals surface area contributed by atoms with Crippen LogP contribution in [0.1, 0.15) is 41.2 Å². The van der Waals surface area contributed by atoms with Gasteiger partial charge in [-0.3, -0.25) is 0 Å². The highest BCUT2D eigenvalue weighted by Crippen LogP contribution is 2.35. The van der Waals surface area contributed by atoms with Crippen molar-refractivity contribution in [2.45, 2.75) is 39.9 Å². The summed E-state index contributed by atoms with van der Waals surface area (Å²) in [7, 11) is 0. The van der Waals surface area contributed by atoms with Crippen LogP contribution in [0.25, 0.3) is 5.69 Å².